The van der Waals surface area contributed by atoms with Crippen molar-refractivity contribution in [3.63, 3.8) is 0 Å². The molecule has 0 aliphatic heterocycles. The number of hydrogen-bond donors (Lipinski definition) is 0. The molecule has 5 heteroatoms. The Morgan fingerprint density at radius 3 is 2.65 bits per heavy atom. The van der Waals surface area contributed by atoms with Crippen molar-refractivity contribution in [2.24, 2.45) is 0 Å². The third-order valence-corrected chi connectivity index (χ3v) is 2.57. The fourth-order valence-corrected chi connectivity index (χ4v) is 1.38. The summed E-state index contributed by atoms with van der Waals surface area (Å²) in [6.07, 6.45) is 6.22. The Morgan fingerprint density at radius 1 is 1.30 bits per heavy atom. The number of allylic oxidation sites excluding steroid dienone is 1. The predicted octanol–water partition coefficient (Wildman–Crippen LogP) is 3.31. The summed E-state index contributed by atoms with van der Waals surface area (Å²) in [6, 6.07) is 1.80. The van der Waals surface area contributed by atoms with E-state index in [0.29, 0.717) is 13.0 Å². The van der Waals surface area contributed by atoms with Gasteiger partial charge < -0.3 is 4.74 Å². The number of unbranched alkanes of at least 4 members (excludes halogenated alkanes) is 3. The van der Waals surface area contributed by atoms with Gasteiger partial charge in [-0.05, 0) is 19.8 Å². The van der Waals surface area contributed by atoms with Gasteiger partial charge in [-0.1, -0.05) is 39.2 Å². The fourth-order valence-electron chi connectivity index (χ4n) is 1.38. The molecule has 0 aromatic carbocycles. The maximum Gasteiger partial charge on any atom is 0.383 e. The van der Waals surface area contributed by atoms with Crippen LogP contribution in [0.2, 0.25) is 0 Å². The summed E-state index contributed by atoms with van der Waals surface area (Å²) in [5.74, 6) is -0.751. The SMILES string of the molecule is CCCC=C(C#N)C(=O)OOCC(C)OCCCCC. The molecule has 5 nitrogen and oxygen atoms in total. The highest BCUT2D eigenvalue weighted by atomic mass is 17.2. The highest BCUT2D eigenvalue weighted by molar-refractivity contribution is 5.92. The minimum atomic E-state index is -0.751. The van der Waals surface area contributed by atoms with E-state index in [9.17, 15) is 4.79 Å². The third-order valence-electron chi connectivity index (χ3n) is 2.57. The molecule has 0 aliphatic carbocycles. The summed E-state index contributed by atoms with van der Waals surface area (Å²) >= 11 is 0. The quantitative estimate of drug-likeness (QED) is 0.191. The van der Waals surface area contributed by atoms with Crippen molar-refractivity contribution in [2.45, 2.75) is 59.0 Å². The summed E-state index contributed by atoms with van der Waals surface area (Å²) in [4.78, 5) is 20.9. The van der Waals surface area contributed by atoms with Gasteiger partial charge in [0.2, 0.25) is 0 Å². The van der Waals surface area contributed by atoms with Crippen LogP contribution in [0.25, 0.3) is 0 Å². The van der Waals surface area contributed by atoms with Gasteiger partial charge in [-0.2, -0.15) is 10.1 Å². The van der Waals surface area contributed by atoms with Gasteiger partial charge in [0, 0.05) is 6.61 Å². The van der Waals surface area contributed by atoms with E-state index in [4.69, 9.17) is 14.9 Å². The molecule has 0 aromatic rings. The summed E-state index contributed by atoms with van der Waals surface area (Å²) in [7, 11) is 0. The molecular weight excluding hydrogens is 258 g/mol. The topological polar surface area (TPSA) is 68.6 Å². The van der Waals surface area contributed by atoms with Gasteiger partial charge >= 0.3 is 5.97 Å². The second-order valence-corrected chi connectivity index (χ2v) is 4.56. The van der Waals surface area contributed by atoms with E-state index in [-0.39, 0.29) is 18.3 Å². The second-order valence-electron chi connectivity index (χ2n) is 4.56. The average molecular weight is 283 g/mol. The molecular formula is C15H25NO4. The molecule has 1 unspecified atom stereocenters. The van der Waals surface area contributed by atoms with Crippen molar-refractivity contribution in [2.75, 3.05) is 13.2 Å². The summed E-state index contributed by atoms with van der Waals surface area (Å²) in [5.41, 5.74) is -0.0247. The number of rotatable bonds is 11. The molecule has 0 heterocycles. The van der Waals surface area contributed by atoms with Gasteiger partial charge in [0.1, 0.15) is 18.2 Å². The normalized spacial score (nSPS) is 12.8. The molecule has 0 aromatic heterocycles. The molecule has 0 fully saturated rings. The van der Waals surface area contributed by atoms with Gasteiger partial charge in [0.15, 0.2) is 0 Å². The first kappa shape index (κ1) is 18.6. The number of carbonyl (C=O) groups excluding carboxylic acids is 1. The van der Waals surface area contributed by atoms with Crippen LogP contribution >= 0.6 is 0 Å². The maximum atomic E-state index is 11.5. The van der Waals surface area contributed by atoms with Crippen LogP contribution in [0.4, 0.5) is 0 Å². The number of nitriles is 1. The molecule has 114 valence electrons. The van der Waals surface area contributed by atoms with E-state index in [0.717, 1.165) is 25.7 Å². The lowest BCUT2D eigenvalue weighted by atomic mass is 10.2. The minimum absolute atomic E-state index is 0.0247. The van der Waals surface area contributed by atoms with E-state index in [1.807, 2.05) is 13.8 Å². The predicted molar refractivity (Wildman–Crippen MR) is 75.6 cm³/mol. The molecule has 0 N–H and O–H groups in total. The van der Waals surface area contributed by atoms with Crippen molar-refractivity contribution in [1.29, 1.82) is 5.26 Å². The number of hydrogen-bond acceptors (Lipinski definition) is 5. The zero-order chi connectivity index (χ0) is 15.2. The Kier molecular flexibility index (Phi) is 11.8. The molecule has 0 bridgehead atoms. The lowest BCUT2D eigenvalue weighted by molar-refractivity contribution is -0.278. The maximum absolute atomic E-state index is 11.5. The molecule has 0 amide bonds. The molecule has 0 rings (SSSR count). The molecule has 0 aliphatic rings. The van der Waals surface area contributed by atoms with E-state index in [2.05, 4.69) is 11.8 Å². The van der Waals surface area contributed by atoms with Gasteiger partial charge in [0.25, 0.3) is 0 Å². The highest BCUT2D eigenvalue weighted by Gasteiger charge is 2.12. The van der Waals surface area contributed by atoms with Crippen LogP contribution in [0.1, 0.15) is 52.9 Å². The number of nitrogens with zero attached hydrogens (tertiary/aromatic N) is 1. The third kappa shape index (κ3) is 9.54. The standard InChI is InChI=1S/C15H25NO4/c1-4-6-8-10-18-13(3)12-19-20-15(17)14(11-16)9-7-5-2/h9,13H,4-8,10,12H2,1-3H3. The van der Waals surface area contributed by atoms with E-state index in [1.54, 1.807) is 12.1 Å². The molecule has 20 heavy (non-hydrogen) atoms. The zero-order valence-corrected chi connectivity index (χ0v) is 12.7. The first-order valence-electron chi connectivity index (χ1n) is 7.21. The van der Waals surface area contributed by atoms with Crippen molar-refractivity contribution < 1.29 is 19.3 Å². The first-order valence-corrected chi connectivity index (χ1v) is 7.21. The molecule has 0 radical (unpaired) electrons. The highest BCUT2D eigenvalue weighted by Crippen LogP contribution is 2.03. The van der Waals surface area contributed by atoms with Gasteiger partial charge in [-0.25, -0.2) is 4.79 Å². The van der Waals surface area contributed by atoms with Crippen molar-refractivity contribution in [1.82, 2.24) is 0 Å². The van der Waals surface area contributed by atoms with Crippen molar-refractivity contribution in [3.8, 4) is 6.07 Å². The monoisotopic (exact) mass is 283 g/mol. The second kappa shape index (κ2) is 12.6. The molecule has 0 saturated carbocycles. The zero-order valence-electron chi connectivity index (χ0n) is 12.7. The van der Waals surface area contributed by atoms with Crippen LogP contribution in [-0.4, -0.2) is 25.3 Å². The Morgan fingerprint density at radius 2 is 2.05 bits per heavy atom. The van der Waals surface area contributed by atoms with Gasteiger partial charge in [-0.3, -0.25) is 4.89 Å². The number of ether oxygens (including phenoxy) is 1. The van der Waals surface area contributed by atoms with Crippen LogP contribution in [0.15, 0.2) is 11.6 Å². The van der Waals surface area contributed by atoms with Gasteiger partial charge in [0.05, 0.1) is 6.10 Å². The fraction of sp³-hybridized carbons (Fsp3) is 0.733. The van der Waals surface area contributed by atoms with Crippen molar-refractivity contribution >= 4 is 5.97 Å². The lowest BCUT2D eigenvalue weighted by Crippen LogP contribution is -2.19. The Bertz CT molecular complexity index is 333. The molecule has 0 spiro atoms. The van der Waals surface area contributed by atoms with Crippen molar-refractivity contribution in [3.05, 3.63) is 11.6 Å². The first-order chi connectivity index (χ1) is 9.65. The van der Waals surface area contributed by atoms with E-state index in [1.165, 1.54) is 0 Å². The van der Waals surface area contributed by atoms with Crippen LogP contribution in [0.3, 0.4) is 0 Å². The van der Waals surface area contributed by atoms with Gasteiger partial charge in [-0.15, -0.1) is 0 Å². The average Bonchev–Trinajstić information content (AvgIpc) is 2.44. The van der Waals surface area contributed by atoms with Crippen LogP contribution in [0, 0.1) is 11.3 Å². The Balaban J connectivity index is 3.82. The minimum Gasteiger partial charge on any atom is -0.376 e. The Labute approximate surface area is 121 Å². The number of carbonyl (C=O) groups is 1. The Hall–Kier alpha value is -1.38. The summed E-state index contributed by atoms with van der Waals surface area (Å²) in [5, 5.41) is 8.80. The summed E-state index contributed by atoms with van der Waals surface area (Å²) < 4.78 is 5.48. The van der Waals surface area contributed by atoms with Crippen LogP contribution in [-0.2, 0) is 19.3 Å². The summed E-state index contributed by atoms with van der Waals surface area (Å²) in [6.45, 7) is 6.77. The van der Waals surface area contributed by atoms with Crippen LogP contribution in [0.5, 0.6) is 0 Å². The molecule has 1 atom stereocenters. The smallest absolute Gasteiger partial charge is 0.376 e. The van der Waals surface area contributed by atoms with E-state index >= 15 is 0 Å². The molecule has 0 saturated heterocycles. The van der Waals surface area contributed by atoms with Crippen LogP contribution < -0.4 is 0 Å². The largest absolute Gasteiger partial charge is 0.383 e. The van der Waals surface area contributed by atoms with E-state index < -0.39 is 5.97 Å². The lowest BCUT2D eigenvalue weighted by Gasteiger charge is -2.12.